The number of rotatable bonds is 7. The van der Waals surface area contributed by atoms with Crippen molar-refractivity contribution in [1.82, 2.24) is 30.1 Å². The molecular formula is C17H21BrN6OS. The van der Waals surface area contributed by atoms with Gasteiger partial charge in [0.2, 0.25) is 0 Å². The van der Waals surface area contributed by atoms with E-state index in [0.29, 0.717) is 10.2 Å². The molecule has 0 aliphatic heterocycles. The highest BCUT2D eigenvalue weighted by Crippen LogP contribution is 2.26. The van der Waals surface area contributed by atoms with Gasteiger partial charge in [-0.25, -0.2) is 0 Å². The van der Waals surface area contributed by atoms with Gasteiger partial charge in [-0.05, 0) is 52.4 Å². The van der Waals surface area contributed by atoms with E-state index < -0.39 is 0 Å². The van der Waals surface area contributed by atoms with Crippen molar-refractivity contribution >= 4 is 39.2 Å². The molecule has 3 aromatic rings. The van der Waals surface area contributed by atoms with Gasteiger partial charge >= 0.3 is 0 Å². The number of thioether (sulfide) groups is 1. The van der Waals surface area contributed by atoms with Crippen molar-refractivity contribution in [2.45, 2.75) is 32.2 Å². The minimum absolute atomic E-state index is 0.237. The van der Waals surface area contributed by atoms with Gasteiger partial charge in [0.15, 0.2) is 17.2 Å². The van der Waals surface area contributed by atoms with Crippen LogP contribution in [0.1, 0.15) is 54.2 Å². The van der Waals surface area contributed by atoms with Crippen molar-refractivity contribution in [1.29, 1.82) is 0 Å². The maximum atomic E-state index is 12.8. The molecule has 1 atom stereocenters. The standard InChI is InChI=1S/C17H21BrN6OS/c1-10(2)14-13(18)15(22-21-14)17(25)19-11(7-9-26-3)16-23-20-12-6-4-5-8-24(12)16/h4-6,8,10-11H,7,9H2,1-3H3,(H,19,25)(H,21,22). The number of fused-ring (bicyclic) bond motifs is 1. The van der Waals surface area contributed by atoms with Crippen molar-refractivity contribution < 1.29 is 4.79 Å². The number of aromatic amines is 1. The Labute approximate surface area is 164 Å². The van der Waals surface area contributed by atoms with Gasteiger partial charge in [-0.1, -0.05) is 19.9 Å². The topological polar surface area (TPSA) is 88.0 Å². The van der Waals surface area contributed by atoms with Crippen LogP contribution in [0.4, 0.5) is 0 Å². The Bertz CT molecular complexity index is 906. The number of pyridine rings is 1. The van der Waals surface area contributed by atoms with Crippen LogP contribution in [0, 0.1) is 0 Å². The van der Waals surface area contributed by atoms with Crippen LogP contribution < -0.4 is 5.32 Å². The number of carbonyl (C=O) groups is 1. The molecule has 1 unspecified atom stereocenters. The van der Waals surface area contributed by atoms with E-state index in [-0.39, 0.29) is 17.9 Å². The minimum Gasteiger partial charge on any atom is -0.341 e. The third-order valence-corrected chi connectivity index (χ3v) is 5.54. The lowest BCUT2D eigenvalue weighted by Gasteiger charge is -2.16. The van der Waals surface area contributed by atoms with E-state index in [0.717, 1.165) is 29.3 Å². The van der Waals surface area contributed by atoms with Gasteiger partial charge < -0.3 is 5.32 Å². The number of aromatic nitrogens is 5. The van der Waals surface area contributed by atoms with E-state index in [1.54, 1.807) is 11.8 Å². The first-order valence-corrected chi connectivity index (χ1v) is 10.5. The number of hydrogen-bond acceptors (Lipinski definition) is 5. The molecule has 0 saturated carbocycles. The summed E-state index contributed by atoms with van der Waals surface area (Å²) in [5, 5.41) is 18.7. The molecule has 3 rings (SSSR count). The lowest BCUT2D eigenvalue weighted by Crippen LogP contribution is -2.31. The molecule has 2 N–H and O–H groups in total. The van der Waals surface area contributed by atoms with Crippen molar-refractivity contribution in [3.8, 4) is 0 Å². The van der Waals surface area contributed by atoms with E-state index in [1.165, 1.54) is 0 Å². The van der Waals surface area contributed by atoms with Gasteiger partial charge in [-0.15, -0.1) is 10.2 Å². The third kappa shape index (κ3) is 3.78. The van der Waals surface area contributed by atoms with Crippen LogP contribution in [0.15, 0.2) is 28.9 Å². The third-order valence-electron chi connectivity index (χ3n) is 4.09. The minimum atomic E-state index is -0.251. The Morgan fingerprint density at radius 1 is 1.38 bits per heavy atom. The molecule has 3 aromatic heterocycles. The number of nitrogens with zero attached hydrogens (tertiary/aromatic N) is 4. The van der Waals surface area contributed by atoms with Gasteiger partial charge in [-0.3, -0.25) is 14.3 Å². The molecule has 0 fully saturated rings. The summed E-state index contributed by atoms with van der Waals surface area (Å²) in [6.07, 6.45) is 4.70. The first kappa shape index (κ1) is 18.9. The summed E-state index contributed by atoms with van der Waals surface area (Å²) in [7, 11) is 0. The number of H-pyrrole nitrogens is 1. The number of halogens is 1. The van der Waals surface area contributed by atoms with E-state index in [9.17, 15) is 4.79 Å². The summed E-state index contributed by atoms with van der Waals surface area (Å²) in [5.74, 6) is 1.62. The highest BCUT2D eigenvalue weighted by Gasteiger charge is 2.25. The molecule has 1 amide bonds. The Hall–Kier alpha value is -1.87. The van der Waals surface area contributed by atoms with Crippen molar-refractivity contribution in [2.24, 2.45) is 0 Å². The number of hydrogen-bond donors (Lipinski definition) is 2. The number of amides is 1. The van der Waals surface area contributed by atoms with Gasteiger partial charge in [0.1, 0.15) is 0 Å². The van der Waals surface area contributed by atoms with Crippen LogP contribution in [0.5, 0.6) is 0 Å². The second-order valence-corrected chi connectivity index (χ2v) is 8.03. The van der Waals surface area contributed by atoms with Crippen LogP contribution in [0.2, 0.25) is 0 Å². The zero-order chi connectivity index (χ0) is 18.7. The molecule has 9 heteroatoms. The molecule has 0 spiro atoms. The van der Waals surface area contributed by atoms with E-state index in [1.807, 2.05) is 48.9 Å². The smallest absolute Gasteiger partial charge is 0.273 e. The Balaban J connectivity index is 1.88. The van der Waals surface area contributed by atoms with Crippen LogP contribution in [0.3, 0.4) is 0 Å². The lowest BCUT2D eigenvalue weighted by molar-refractivity contribution is 0.0928. The second-order valence-electron chi connectivity index (χ2n) is 6.25. The lowest BCUT2D eigenvalue weighted by atomic mass is 10.1. The summed E-state index contributed by atoms with van der Waals surface area (Å²) in [4.78, 5) is 12.8. The van der Waals surface area contributed by atoms with E-state index in [2.05, 4.69) is 41.6 Å². The molecule has 7 nitrogen and oxygen atoms in total. The summed E-state index contributed by atoms with van der Waals surface area (Å²) in [6, 6.07) is 5.48. The van der Waals surface area contributed by atoms with Gasteiger partial charge in [0.25, 0.3) is 5.91 Å². The fraction of sp³-hybridized carbons (Fsp3) is 0.412. The molecule has 0 aromatic carbocycles. The second kappa shape index (κ2) is 8.22. The van der Waals surface area contributed by atoms with Crippen molar-refractivity contribution in [2.75, 3.05) is 12.0 Å². The summed E-state index contributed by atoms with van der Waals surface area (Å²) in [6.45, 7) is 4.09. The first-order chi connectivity index (χ1) is 12.5. The fourth-order valence-electron chi connectivity index (χ4n) is 2.70. The Morgan fingerprint density at radius 3 is 2.88 bits per heavy atom. The number of nitrogens with one attached hydrogen (secondary N) is 2. The highest BCUT2D eigenvalue weighted by atomic mass is 79.9. The summed E-state index contributed by atoms with van der Waals surface area (Å²) in [5.41, 5.74) is 2.02. The summed E-state index contributed by atoms with van der Waals surface area (Å²) >= 11 is 5.22. The molecule has 138 valence electrons. The van der Waals surface area contributed by atoms with E-state index in [4.69, 9.17) is 0 Å². The number of carbonyl (C=O) groups excluding carboxylic acids is 1. The average Bonchev–Trinajstić information content (AvgIpc) is 3.22. The quantitative estimate of drug-likeness (QED) is 0.590. The molecular weight excluding hydrogens is 416 g/mol. The average molecular weight is 437 g/mol. The molecule has 0 radical (unpaired) electrons. The maximum absolute atomic E-state index is 12.8. The molecule has 0 bridgehead atoms. The molecule has 3 heterocycles. The summed E-state index contributed by atoms with van der Waals surface area (Å²) < 4.78 is 2.62. The molecule has 0 aliphatic carbocycles. The Kier molecular flexibility index (Phi) is 5.98. The predicted molar refractivity (Wildman–Crippen MR) is 107 cm³/mol. The van der Waals surface area contributed by atoms with Crippen LogP contribution in [0.25, 0.3) is 5.65 Å². The normalized spacial score (nSPS) is 12.7. The van der Waals surface area contributed by atoms with Gasteiger partial charge in [-0.2, -0.15) is 16.9 Å². The maximum Gasteiger partial charge on any atom is 0.273 e. The zero-order valence-electron chi connectivity index (χ0n) is 14.9. The first-order valence-electron chi connectivity index (χ1n) is 8.36. The highest BCUT2D eigenvalue weighted by molar-refractivity contribution is 9.10. The fourth-order valence-corrected chi connectivity index (χ4v) is 3.99. The van der Waals surface area contributed by atoms with Crippen molar-refractivity contribution in [3.05, 3.63) is 46.1 Å². The molecule has 26 heavy (non-hydrogen) atoms. The van der Waals surface area contributed by atoms with Gasteiger partial charge in [0, 0.05) is 6.20 Å². The molecule has 0 aliphatic rings. The molecule has 0 saturated heterocycles. The zero-order valence-corrected chi connectivity index (χ0v) is 17.3. The SMILES string of the molecule is CSCCC(NC(=O)c1n[nH]c(C(C)C)c1Br)c1nnc2ccccn12. The largest absolute Gasteiger partial charge is 0.341 e. The predicted octanol–water partition coefficient (Wildman–Crippen LogP) is 3.56. The van der Waals surface area contributed by atoms with Crippen LogP contribution >= 0.6 is 27.7 Å². The van der Waals surface area contributed by atoms with Crippen LogP contribution in [-0.2, 0) is 0 Å². The van der Waals surface area contributed by atoms with Crippen LogP contribution in [-0.4, -0.2) is 42.7 Å². The van der Waals surface area contributed by atoms with Crippen molar-refractivity contribution in [3.63, 3.8) is 0 Å². The monoisotopic (exact) mass is 436 g/mol. The van der Waals surface area contributed by atoms with E-state index >= 15 is 0 Å². The Morgan fingerprint density at radius 2 is 2.19 bits per heavy atom. The van der Waals surface area contributed by atoms with Gasteiger partial charge in [0.05, 0.1) is 16.2 Å².